The average molecular weight is 371 g/mol. The van der Waals surface area contributed by atoms with Crippen LogP contribution in [0.1, 0.15) is 31.2 Å². The van der Waals surface area contributed by atoms with Crippen LogP contribution in [-0.4, -0.2) is 34.6 Å². The van der Waals surface area contributed by atoms with Crippen molar-refractivity contribution in [3.05, 3.63) is 46.2 Å². The molecule has 1 heterocycles. The van der Waals surface area contributed by atoms with Crippen molar-refractivity contribution in [3.8, 4) is 0 Å². The van der Waals surface area contributed by atoms with Crippen LogP contribution in [0.3, 0.4) is 0 Å². The molecule has 1 amide bonds. The minimum atomic E-state index is -1.11. The van der Waals surface area contributed by atoms with E-state index in [1.54, 1.807) is 12.1 Å². The van der Waals surface area contributed by atoms with Crippen molar-refractivity contribution in [2.45, 2.75) is 38.1 Å². The molecule has 1 aromatic carbocycles. The van der Waals surface area contributed by atoms with E-state index in [0.717, 1.165) is 31.1 Å². The number of carboxylic acids is 1. The van der Waals surface area contributed by atoms with Crippen molar-refractivity contribution in [1.29, 1.82) is 0 Å². The molecule has 144 valence electrons. The first kappa shape index (κ1) is 19.1. The second kappa shape index (κ2) is 8.35. The molecule has 1 unspecified atom stereocenters. The summed E-state index contributed by atoms with van der Waals surface area (Å²) in [5.74, 6) is -1.06. The molecule has 7 heteroatoms. The number of carbonyl (C=O) groups excluding carboxylic acids is 1. The van der Waals surface area contributed by atoms with E-state index in [1.165, 1.54) is 6.07 Å². The number of benzene rings is 1. The zero-order valence-corrected chi connectivity index (χ0v) is 15.1. The van der Waals surface area contributed by atoms with E-state index >= 15 is 0 Å². The lowest BCUT2D eigenvalue weighted by Crippen LogP contribution is -2.45. The molecule has 7 nitrogen and oxygen atoms in total. The van der Waals surface area contributed by atoms with Crippen LogP contribution < -0.4 is 16.6 Å². The van der Waals surface area contributed by atoms with Crippen LogP contribution in [0.4, 0.5) is 0 Å². The first-order valence-corrected chi connectivity index (χ1v) is 9.32. The molecule has 1 saturated carbocycles. The smallest absolute Gasteiger partial charge is 0.326 e. The van der Waals surface area contributed by atoms with Crippen molar-refractivity contribution >= 4 is 22.8 Å². The van der Waals surface area contributed by atoms with Crippen LogP contribution in [0.15, 0.2) is 35.1 Å². The summed E-state index contributed by atoms with van der Waals surface area (Å²) in [6.07, 6.45) is 3.31. The molecular weight excluding hydrogens is 346 g/mol. The number of H-pyrrole nitrogens is 1. The molecule has 0 spiro atoms. The largest absolute Gasteiger partial charge is 0.480 e. The third kappa shape index (κ3) is 4.54. The number of aromatic nitrogens is 1. The summed E-state index contributed by atoms with van der Waals surface area (Å²) in [7, 11) is 0. The van der Waals surface area contributed by atoms with Gasteiger partial charge >= 0.3 is 5.97 Å². The van der Waals surface area contributed by atoms with Gasteiger partial charge in [0.2, 0.25) is 11.5 Å². The number of amides is 1. The Hall–Kier alpha value is -2.67. The van der Waals surface area contributed by atoms with E-state index < -0.39 is 12.0 Å². The predicted octanol–water partition coefficient (Wildman–Crippen LogP) is 1.41. The molecule has 1 aliphatic rings. The summed E-state index contributed by atoms with van der Waals surface area (Å²) in [6, 6.07) is 7.55. The number of carbonyl (C=O) groups is 2. The third-order valence-corrected chi connectivity index (χ3v) is 5.43. The number of nitrogens with two attached hydrogens (primary N) is 1. The fourth-order valence-corrected chi connectivity index (χ4v) is 3.82. The Bertz CT molecular complexity index is 884. The van der Waals surface area contributed by atoms with Gasteiger partial charge in [-0.1, -0.05) is 18.2 Å². The molecule has 1 aliphatic carbocycles. The number of carboxylic acid groups (broad SMARTS) is 1. The molecule has 2 aromatic rings. The van der Waals surface area contributed by atoms with Gasteiger partial charge < -0.3 is 21.1 Å². The van der Waals surface area contributed by atoms with Gasteiger partial charge in [-0.05, 0) is 49.8 Å². The lowest BCUT2D eigenvalue weighted by molar-refractivity contribution is -0.142. The fourth-order valence-electron chi connectivity index (χ4n) is 3.82. The minimum absolute atomic E-state index is 0.0592. The number of pyridine rings is 1. The molecule has 5 N–H and O–H groups in total. The Balaban J connectivity index is 1.75. The van der Waals surface area contributed by atoms with Crippen molar-refractivity contribution in [3.63, 3.8) is 0 Å². The number of rotatable bonds is 6. The fraction of sp³-hybridized carbons (Fsp3) is 0.450. The summed E-state index contributed by atoms with van der Waals surface area (Å²) < 4.78 is 0. The Kier molecular flexibility index (Phi) is 5.91. The first-order valence-electron chi connectivity index (χ1n) is 9.32. The summed E-state index contributed by atoms with van der Waals surface area (Å²) >= 11 is 0. The quantitative estimate of drug-likeness (QED) is 0.611. The lowest BCUT2D eigenvalue weighted by Gasteiger charge is -2.28. The highest BCUT2D eigenvalue weighted by molar-refractivity contribution is 5.87. The maximum Gasteiger partial charge on any atom is 0.326 e. The van der Waals surface area contributed by atoms with E-state index in [9.17, 15) is 19.5 Å². The van der Waals surface area contributed by atoms with Gasteiger partial charge in [0.1, 0.15) is 6.04 Å². The van der Waals surface area contributed by atoms with Crippen LogP contribution >= 0.6 is 0 Å². The number of aliphatic carboxylic acids is 1. The highest BCUT2D eigenvalue weighted by Gasteiger charge is 2.29. The van der Waals surface area contributed by atoms with E-state index in [1.807, 2.05) is 12.1 Å². The molecule has 27 heavy (non-hydrogen) atoms. The number of hydrogen-bond acceptors (Lipinski definition) is 4. The number of fused-ring (bicyclic) bond motifs is 1. The molecule has 0 saturated heterocycles. The van der Waals surface area contributed by atoms with Crippen LogP contribution in [0, 0.1) is 11.8 Å². The number of hydrogen-bond donors (Lipinski definition) is 4. The van der Waals surface area contributed by atoms with Crippen molar-refractivity contribution in [1.82, 2.24) is 10.3 Å². The number of aromatic amines is 1. The molecule has 0 aliphatic heterocycles. The lowest BCUT2D eigenvalue weighted by atomic mass is 9.81. The van der Waals surface area contributed by atoms with Gasteiger partial charge in [-0.2, -0.15) is 0 Å². The maximum absolute atomic E-state index is 12.6. The molecule has 3 rings (SSSR count). The van der Waals surface area contributed by atoms with E-state index in [-0.39, 0.29) is 23.8 Å². The normalized spacial score (nSPS) is 20.9. The molecule has 1 atom stereocenters. The van der Waals surface area contributed by atoms with Gasteiger partial charge in [-0.25, -0.2) is 4.79 Å². The first-order chi connectivity index (χ1) is 13.0. The number of para-hydroxylation sites is 1. The summed E-state index contributed by atoms with van der Waals surface area (Å²) in [5.41, 5.74) is 6.64. The van der Waals surface area contributed by atoms with Gasteiger partial charge in [-0.15, -0.1) is 0 Å². The van der Waals surface area contributed by atoms with Gasteiger partial charge in [0.25, 0.3) is 0 Å². The Morgan fingerprint density at radius 2 is 1.93 bits per heavy atom. The second-order valence-electron chi connectivity index (χ2n) is 7.26. The minimum Gasteiger partial charge on any atom is -0.480 e. The maximum atomic E-state index is 12.6. The zero-order chi connectivity index (χ0) is 19.4. The van der Waals surface area contributed by atoms with Crippen molar-refractivity contribution in [2.24, 2.45) is 17.6 Å². The average Bonchev–Trinajstić information content (AvgIpc) is 2.67. The molecule has 0 bridgehead atoms. The van der Waals surface area contributed by atoms with Crippen molar-refractivity contribution in [2.75, 3.05) is 6.54 Å². The van der Waals surface area contributed by atoms with Crippen LogP contribution in [-0.2, 0) is 16.0 Å². The summed E-state index contributed by atoms with van der Waals surface area (Å²) in [5, 5.41) is 13.0. The highest BCUT2D eigenvalue weighted by Crippen LogP contribution is 2.28. The molecular formula is C20H25N3O4. The van der Waals surface area contributed by atoms with Crippen LogP contribution in [0.2, 0.25) is 0 Å². The second-order valence-corrected chi connectivity index (χ2v) is 7.26. The van der Waals surface area contributed by atoms with Crippen molar-refractivity contribution < 1.29 is 14.7 Å². The molecule has 1 fully saturated rings. The topological polar surface area (TPSA) is 125 Å². The van der Waals surface area contributed by atoms with Gasteiger partial charge in [-0.3, -0.25) is 9.59 Å². The van der Waals surface area contributed by atoms with Gasteiger partial charge in [0, 0.05) is 29.3 Å². The molecule has 0 radical (unpaired) electrons. The van der Waals surface area contributed by atoms with E-state index in [2.05, 4.69) is 10.3 Å². The highest BCUT2D eigenvalue weighted by atomic mass is 16.4. The van der Waals surface area contributed by atoms with E-state index in [4.69, 9.17) is 5.73 Å². The van der Waals surface area contributed by atoms with Gasteiger partial charge in [0.15, 0.2) is 0 Å². The Morgan fingerprint density at radius 3 is 2.59 bits per heavy atom. The predicted molar refractivity (Wildman–Crippen MR) is 102 cm³/mol. The molecule has 1 aromatic heterocycles. The third-order valence-electron chi connectivity index (χ3n) is 5.43. The van der Waals surface area contributed by atoms with Crippen LogP contribution in [0.5, 0.6) is 0 Å². The summed E-state index contributed by atoms with van der Waals surface area (Å²) in [6.45, 7) is 0.627. The van der Waals surface area contributed by atoms with E-state index in [0.29, 0.717) is 23.5 Å². The number of nitrogens with one attached hydrogen (secondary N) is 2. The van der Waals surface area contributed by atoms with Crippen LogP contribution in [0.25, 0.3) is 10.9 Å². The van der Waals surface area contributed by atoms with Gasteiger partial charge in [0.05, 0.1) is 0 Å². The zero-order valence-electron chi connectivity index (χ0n) is 15.1. The summed E-state index contributed by atoms with van der Waals surface area (Å²) in [4.78, 5) is 38.9. The standard InChI is InChI=1S/C20H25N3O4/c21-11-12-5-7-13(8-6-12)19(25)23-17(20(26)27)9-14-10-18(24)22-16-4-2-1-3-15(14)16/h1-4,10,12-13,17H,5-9,11,21H2,(H,22,24)(H,23,25)(H,26,27). The monoisotopic (exact) mass is 371 g/mol. The Morgan fingerprint density at radius 1 is 1.22 bits per heavy atom. The SMILES string of the molecule is NCC1CCC(C(=O)NC(Cc2cc(=O)[nH]c3ccccc23)C(=O)O)CC1. The Labute approximate surface area is 157 Å².